The van der Waals surface area contributed by atoms with Crippen molar-refractivity contribution in [2.45, 2.75) is 25.1 Å². The summed E-state index contributed by atoms with van der Waals surface area (Å²) in [6, 6.07) is 17.1. The lowest BCUT2D eigenvalue weighted by Crippen LogP contribution is -2.50. The molecule has 0 fully saturated rings. The Labute approximate surface area is 219 Å². The summed E-state index contributed by atoms with van der Waals surface area (Å²) < 4.78 is 41.2. The first-order valence-electron chi connectivity index (χ1n) is 11.7. The number of anilines is 1. The Morgan fingerprint density at radius 2 is 1.77 bits per heavy atom. The lowest BCUT2D eigenvalue weighted by atomic mass is 9.81. The van der Waals surface area contributed by atoms with Gasteiger partial charge in [-0.15, -0.1) is 0 Å². The predicted molar refractivity (Wildman–Crippen MR) is 135 cm³/mol. The number of fused-ring (bicyclic) bond motifs is 1. The fourth-order valence-corrected chi connectivity index (χ4v) is 4.70. The molecule has 0 bridgehead atoms. The number of nitro groups is 1. The second kappa shape index (κ2) is 9.71. The smallest absolute Gasteiger partial charge is 0.339 e. The molecule has 3 aromatic carbocycles. The molecule has 0 saturated carbocycles. The highest BCUT2D eigenvalue weighted by Crippen LogP contribution is 2.41. The van der Waals surface area contributed by atoms with Crippen LogP contribution in [-0.4, -0.2) is 32.6 Å². The van der Waals surface area contributed by atoms with Gasteiger partial charge in [-0.3, -0.25) is 19.7 Å². The number of nitrogens with zero attached hydrogens (tertiary/aromatic N) is 3. The number of nitrogens with one attached hydrogen (secondary N) is 2. The van der Waals surface area contributed by atoms with Crippen molar-refractivity contribution in [2.24, 2.45) is 0 Å². The maximum absolute atomic E-state index is 13.5. The van der Waals surface area contributed by atoms with Crippen molar-refractivity contribution >= 4 is 23.3 Å². The van der Waals surface area contributed by atoms with E-state index in [1.807, 2.05) is 6.07 Å². The number of non-ortho nitro benzene ring substituents is 1. The summed E-state index contributed by atoms with van der Waals surface area (Å²) in [7, 11) is 0. The molecule has 1 aromatic heterocycles. The van der Waals surface area contributed by atoms with Crippen LogP contribution >= 0.6 is 0 Å². The molecule has 0 aliphatic carbocycles. The molecule has 9 nitrogen and oxygen atoms in total. The van der Waals surface area contributed by atoms with E-state index in [1.54, 1.807) is 37.3 Å². The molecule has 0 spiro atoms. The summed E-state index contributed by atoms with van der Waals surface area (Å²) >= 11 is 0. The van der Waals surface area contributed by atoms with Gasteiger partial charge in [-0.05, 0) is 42.8 Å². The molecule has 2 amide bonds. The lowest BCUT2D eigenvalue weighted by Gasteiger charge is -2.32. The quantitative estimate of drug-likeness (QED) is 0.276. The van der Waals surface area contributed by atoms with Crippen molar-refractivity contribution in [1.82, 2.24) is 15.1 Å². The van der Waals surface area contributed by atoms with Gasteiger partial charge in [0.05, 0.1) is 21.9 Å². The Bertz CT molecular complexity index is 1600. The number of benzene rings is 3. The van der Waals surface area contributed by atoms with Gasteiger partial charge in [-0.1, -0.05) is 36.4 Å². The molecule has 198 valence electrons. The lowest BCUT2D eigenvalue weighted by molar-refractivity contribution is -0.384. The number of amides is 2. The Balaban J connectivity index is 1.62. The van der Waals surface area contributed by atoms with Gasteiger partial charge in [-0.25, -0.2) is 4.68 Å². The molecule has 4 aromatic rings. The average Bonchev–Trinajstić information content (AvgIpc) is 3.24. The number of hydrogen-bond donors (Lipinski definition) is 2. The van der Waals surface area contributed by atoms with E-state index in [0.717, 1.165) is 12.1 Å². The van der Waals surface area contributed by atoms with Crippen LogP contribution in [0.25, 0.3) is 5.69 Å². The minimum atomic E-state index is -4.66. The SMILES string of the molecule is Cc1nn(-c2ccccc2)c2c1[C@H](c1cccc([N+](=O)[O-])c1)[C@H](NC(=O)c1cccc(C(F)(F)F)c1)C(=O)N2. The van der Waals surface area contributed by atoms with Crippen molar-refractivity contribution in [3.63, 3.8) is 0 Å². The summed E-state index contributed by atoms with van der Waals surface area (Å²) in [6.45, 7) is 1.70. The first-order valence-corrected chi connectivity index (χ1v) is 11.7. The average molecular weight is 535 g/mol. The first-order chi connectivity index (χ1) is 18.5. The highest BCUT2D eigenvalue weighted by atomic mass is 19.4. The molecule has 2 atom stereocenters. The molecule has 1 aliphatic heterocycles. The summed E-state index contributed by atoms with van der Waals surface area (Å²) in [5, 5.41) is 21.4. The van der Waals surface area contributed by atoms with Gasteiger partial charge in [0, 0.05) is 29.2 Å². The highest BCUT2D eigenvalue weighted by molar-refractivity contribution is 6.04. The van der Waals surface area contributed by atoms with Gasteiger partial charge >= 0.3 is 6.18 Å². The van der Waals surface area contributed by atoms with Crippen LogP contribution in [0.2, 0.25) is 0 Å². The molecule has 2 heterocycles. The normalized spacial score (nSPS) is 16.8. The largest absolute Gasteiger partial charge is 0.416 e. The Hall–Kier alpha value is -5.00. The minimum absolute atomic E-state index is 0.226. The number of carbonyl (C=O) groups excluding carboxylic acids is 2. The van der Waals surface area contributed by atoms with Crippen molar-refractivity contribution in [2.75, 3.05) is 5.32 Å². The molecular formula is C27H20F3N5O4. The van der Waals surface area contributed by atoms with E-state index in [0.29, 0.717) is 34.4 Å². The zero-order valence-electron chi connectivity index (χ0n) is 20.3. The van der Waals surface area contributed by atoms with Crippen molar-refractivity contribution in [1.29, 1.82) is 0 Å². The molecule has 1 aliphatic rings. The predicted octanol–water partition coefficient (Wildman–Crippen LogP) is 4.99. The monoisotopic (exact) mass is 535 g/mol. The van der Waals surface area contributed by atoms with Gasteiger partial charge in [-0.2, -0.15) is 18.3 Å². The topological polar surface area (TPSA) is 119 Å². The number of halogens is 3. The van der Waals surface area contributed by atoms with E-state index >= 15 is 0 Å². The summed E-state index contributed by atoms with van der Waals surface area (Å²) in [6.07, 6.45) is -4.66. The summed E-state index contributed by atoms with van der Waals surface area (Å²) in [5.74, 6) is -2.17. The zero-order chi connectivity index (χ0) is 27.9. The molecule has 0 radical (unpaired) electrons. The fraction of sp³-hybridized carbons (Fsp3) is 0.148. The molecule has 0 saturated heterocycles. The van der Waals surface area contributed by atoms with Gasteiger partial charge in [0.1, 0.15) is 11.9 Å². The van der Waals surface area contributed by atoms with E-state index in [9.17, 15) is 32.9 Å². The highest BCUT2D eigenvalue weighted by Gasteiger charge is 2.42. The van der Waals surface area contributed by atoms with E-state index in [1.165, 1.54) is 28.9 Å². The van der Waals surface area contributed by atoms with E-state index in [-0.39, 0.29) is 11.3 Å². The number of hydrogen-bond acceptors (Lipinski definition) is 5. The van der Waals surface area contributed by atoms with E-state index in [2.05, 4.69) is 15.7 Å². The number of aromatic nitrogens is 2. The first kappa shape index (κ1) is 25.6. The van der Waals surface area contributed by atoms with Crippen LogP contribution in [0, 0.1) is 17.0 Å². The molecule has 39 heavy (non-hydrogen) atoms. The summed E-state index contributed by atoms with van der Waals surface area (Å²) in [4.78, 5) is 37.5. The van der Waals surface area contributed by atoms with Gasteiger partial charge in [0.15, 0.2) is 0 Å². The van der Waals surface area contributed by atoms with Crippen molar-refractivity contribution in [3.05, 3.63) is 117 Å². The number of carbonyl (C=O) groups is 2. The fourth-order valence-electron chi connectivity index (χ4n) is 4.70. The Morgan fingerprint density at radius 3 is 2.46 bits per heavy atom. The van der Waals surface area contributed by atoms with Crippen LogP contribution in [0.3, 0.4) is 0 Å². The van der Waals surface area contributed by atoms with Crippen LogP contribution in [0.4, 0.5) is 24.7 Å². The van der Waals surface area contributed by atoms with Crippen LogP contribution in [-0.2, 0) is 11.0 Å². The van der Waals surface area contributed by atoms with Crippen molar-refractivity contribution < 1.29 is 27.7 Å². The molecule has 2 N–H and O–H groups in total. The molecule has 12 heteroatoms. The van der Waals surface area contributed by atoms with Crippen molar-refractivity contribution in [3.8, 4) is 5.69 Å². The minimum Gasteiger partial charge on any atom is -0.339 e. The molecule has 0 unspecified atom stereocenters. The zero-order valence-corrected chi connectivity index (χ0v) is 20.3. The molecular weight excluding hydrogens is 515 g/mol. The third kappa shape index (κ3) is 4.83. The molecule has 5 rings (SSSR count). The maximum atomic E-state index is 13.5. The van der Waals surface area contributed by atoms with E-state index < -0.39 is 40.4 Å². The van der Waals surface area contributed by atoms with Crippen LogP contribution in [0.1, 0.15) is 38.7 Å². The van der Waals surface area contributed by atoms with Crippen LogP contribution < -0.4 is 10.6 Å². The number of aryl methyl sites for hydroxylation is 1. The van der Waals surface area contributed by atoms with Gasteiger partial charge < -0.3 is 10.6 Å². The number of para-hydroxylation sites is 1. The van der Waals surface area contributed by atoms with Gasteiger partial charge in [0.2, 0.25) is 5.91 Å². The number of nitro benzene ring substituents is 1. The second-order valence-electron chi connectivity index (χ2n) is 8.94. The maximum Gasteiger partial charge on any atom is 0.416 e. The van der Waals surface area contributed by atoms with Crippen LogP contribution in [0.15, 0.2) is 78.9 Å². The Kier molecular flexibility index (Phi) is 6.38. The number of alkyl halides is 3. The van der Waals surface area contributed by atoms with Crippen LogP contribution in [0.5, 0.6) is 0 Å². The second-order valence-corrected chi connectivity index (χ2v) is 8.94. The third-order valence-corrected chi connectivity index (χ3v) is 6.45. The third-order valence-electron chi connectivity index (χ3n) is 6.45. The number of rotatable bonds is 5. The Morgan fingerprint density at radius 1 is 1.05 bits per heavy atom. The summed E-state index contributed by atoms with van der Waals surface area (Å²) in [5.41, 5.74) is 0.462. The van der Waals surface area contributed by atoms with E-state index in [4.69, 9.17) is 0 Å². The standard InChI is InChI=1S/C27H20F3N5O4/c1-15-21-22(16-7-6-12-20(14-16)35(38)39)23(31-25(36)17-8-5-9-18(13-17)27(28,29)30)26(37)32-24(21)34(33-15)19-10-3-2-4-11-19/h2-14,22-23H,1H3,(H,31,36)(H,32,37)/t22-,23-/m0/s1. The van der Waals surface area contributed by atoms with Gasteiger partial charge in [0.25, 0.3) is 11.6 Å².